The van der Waals surface area contributed by atoms with E-state index < -0.39 is 5.41 Å². The summed E-state index contributed by atoms with van der Waals surface area (Å²) in [5.74, 6) is -0.0226. The second kappa shape index (κ2) is 6.31. The summed E-state index contributed by atoms with van der Waals surface area (Å²) in [5, 5.41) is 11.4. The number of hydrogen-bond donors (Lipinski definition) is 1. The van der Waals surface area contributed by atoms with E-state index in [4.69, 9.17) is 0 Å². The summed E-state index contributed by atoms with van der Waals surface area (Å²) in [6, 6.07) is 10.0. The number of nitrogens with one attached hydrogen (secondary N) is 1. The molecule has 6 heteroatoms. The molecule has 0 fully saturated rings. The number of amides is 1. The van der Waals surface area contributed by atoms with Gasteiger partial charge in [0.1, 0.15) is 0 Å². The van der Waals surface area contributed by atoms with E-state index in [0.29, 0.717) is 12.2 Å². The topological polar surface area (TPSA) is 64.7 Å². The van der Waals surface area contributed by atoms with Crippen LogP contribution in [0.5, 0.6) is 0 Å². The molecule has 2 heterocycles. The third-order valence-corrected chi connectivity index (χ3v) is 3.62. The molecule has 0 aliphatic heterocycles. The van der Waals surface area contributed by atoms with E-state index in [2.05, 4.69) is 15.5 Å². The first-order valence-electron chi connectivity index (χ1n) is 7.85. The average molecular weight is 323 g/mol. The molecule has 1 amide bonds. The van der Waals surface area contributed by atoms with Gasteiger partial charge in [0.2, 0.25) is 5.91 Å². The fourth-order valence-electron chi connectivity index (χ4n) is 2.20. The molecule has 1 N–H and O–H groups in total. The van der Waals surface area contributed by atoms with Gasteiger partial charge in [-0.1, -0.05) is 32.9 Å². The van der Waals surface area contributed by atoms with E-state index in [0.717, 1.165) is 11.3 Å². The molecule has 0 bridgehead atoms. The van der Waals surface area contributed by atoms with Crippen molar-refractivity contribution in [3.63, 3.8) is 0 Å². The Hall–Kier alpha value is -2.89. The summed E-state index contributed by atoms with van der Waals surface area (Å²) in [5.41, 5.74) is 2.43. The zero-order chi connectivity index (χ0) is 17.2. The van der Waals surface area contributed by atoms with Crippen molar-refractivity contribution in [2.45, 2.75) is 27.3 Å². The molecule has 0 aliphatic carbocycles. The standard InChI is InChI=1S/C18H21N5O/c1-18(2,3)17(24)21-15-11-20-22(13-15)12-14-5-7-16(8-6-14)23-10-4-9-19-23/h4-11,13H,12H2,1-3H3,(H,21,24). The summed E-state index contributed by atoms with van der Waals surface area (Å²) in [4.78, 5) is 12.0. The monoisotopic (exact) mass is 323 g/mol. The van der Waals surface area contributed by atoms with Crippen LogP contribution in [0.15, 0.2) is 55.1 Å². The molecule has 0 atom stereocenters. The van der Waals surface area contributed by atoms with Crippen molar-refractivity contribution in [2.24, 2.45) is 5.41 Å². The van der Waals surface area contributed by atoms with Gasteiger partial charge in [-0.2, -0.15) is 10.2 Å². The molecule has 0 saturated heterocycles. The van der Waals surface area contributed by atoms with E-state index in [1.165, 1.54) is 0 Å². The third-order valence-electron chi connectivity index (χ3n) is 3.62. The molecule has 3 aromatic rings. The molecule has 24 heavy (non-hydrogen) atoms. The van der Waals surface area contributed by atoms with Crippen molar-refractivity contribution in [1.82, 2.24) is 19.6 Å². The van der Waals surface area contributed by atoms with Crippen LogP contribution in [0, 0.1) is 5.41 Å². The Labute approximate surface area is 141 Å². The molecule has 0 radical (unpaired) electrons. The van der Waals surface area contributed by atoms with E-state index in [1.807, 2.05) is 68.2 Å². The molecule has 1 aromatic carbocycles. The number of carbonyl (C=O) groups excluding carboxylic acids is 1. The van der Waals surface area contributed by atoms with Gasteiger partial charge in [0, 0.05) is 24.0 Å². The third kappa shape index (κ3) is 3.71. The highest BCUT2D eigenvalue weighted by molar-refractivity contribution is 5.94. The van der Waals surface area contributed by atoms with Crippen LogP contribution >= 0.6 is 0 Å². The van der Waals surface area contributed by atoms with Crippen LogP contribution in [-0.2, 0) is 11.3 Å². The minimum atomic E-state index is -0.426. The fourth-order valence-corrected chi connectivity index (χ4v) is 2.20. The molecule has 0 saturated carbocycles. The van der Waals surface area contributed by atoms with Crippen molar-refractivity contribution in [3.8, 4) is 5.69 Å². The van der Waals surface area contributed by atoms with Crippen LogP contribution in [0.3, 0.4) is 0 Å². The van der Waals surface area contributed by atoms with Crippen molar-refractivity contribution in [1.29, 1.82) is 0 Å². The fraction of sp³-hybridized carbons (Fsp3) is 0.278. The maximum Gasteiger partial charge on any atom is 0.229 e. The van der Waals surface area contributed by atoms with Crippen LogP contribution in [0.4, 0.5) is 5.69 Å². The van der Waals surface area contributed by atoms with Crippen LogP contribution in [0.25, 0.3) is 5.69 Å². The number of rotatable bonds is 4. The number of benzene rings is 1. The lowest BCUT2D eigenvalue weighted by Crippen LogP contribution is -2.27. The van der Waals surface area contributed by atoms with E-state index >= 15 is 0 Å². The highest BCUT2D eigenvalue weighted by atomic mass is 16.2. The molecule has 3 rings (SSSR count). The van der Waals surface area contributed by atoms with Crippen LogP contribution in [0.1, 0.15) is 26.3 Å². The smallest absolute Gasteiger partial charge is 0.229 e. The normalized spacial score (nSPS) is 11.5. The van der Waals surface area contributed by atoms with Crippen molar-refractivity contribution >= 4 is 11.6 Å². The Bertz CT molecular complexity index is 810. The Morgan fingerprint density at radius 2 is 1.92 bits per heavy atom. The Balaban J connectivity index is 1.65. The minimum absolute atomic E-state index is 0.0226. The Morgan fingerprint density at radius 3 is 2.54 bits per heavy atom. The van der Waals surface area contributed by atoms with Crippen molar-refractivity contribution < 1.29 is 4.79 Å². The quantitative estimate of drug-likeness (QED) is 0.802. The number of carbonyl (C=O) groups is 1. The van der Waals surface area contributed by atoms with Crippen LogP contribution in [-0.4, -0.2) is 25.5 Å². The number of aromatic nitrogens is 4. The zero-order valence-corrected chi connectivity index (χ0v) is 14.1. The second-order valence-electron chi connectivity index (χ2n) is 6.75. The molecule has 124 valence electrons. The maximum atomic E-state index is 12.0. The Kier molecular flexibility index (Phi) is 4.20. The minimum Gasteiger partial charge on any atom is -0.323 e. The molecule has 2 aromatic heterocycles. The molecular weight excluding hydrogens is 302 g/mol. The van der Waals surface area contributed by atoms with Gasteiger partial charge >= 0.3 is 0 Å². The Morgan fingerprint density at radius 1 is 1.17 bits per heavy atom. The van der Waals surface area contributed by atoms with Gasteiger partial charge in [-0.05, 0) is 23.8 Å². The van der Waals surface area contributed by atoms with Crippen molar-refractivity contribution in [2.75, 3.05) is 5.32 Å². The van der Waals surface area contributed by atoms with Gasteiger partial charge in [0.05, 0.1) is 24.1 Å². The lowest BCUT2D eigenvalue weighted by atomic mass is 9.96. The molecule has 0 aliphatic rings. The highest BCUT2D eigenvalue weighted by Crippen LogP contribution is 2.17. The highest BCUT2D eigenvalue weighted by Gasteiger charge is 2.21. The molecular formula is C18H21N5O. The predicted octanol–water partition coefficient (Wildman–Crippen LogP) is 3.10. The lowest BCUT2D eigenvalue weighted by molar-refractivity contribution is -0.123. The van der Waals surface area contributed by atoms with Gasteiger partial charge in [-0.3, -0.25) is 9.48 Å². The number of anilines is 1. The summed E-state index contributed by atoms with van der Waals surface area (Å²) < 4.78 is 3.62. The first kappa shape index (κ1) is 16.0. The van der Waals surface area contributed by atoms with Gasteiger partial charge in [0.15, 0.2) is 0 Å². The summed E-state index contributed by atoms with van der Waals surface area (Å²) in [7, 11) is 0. The average Bonchev–Trinajstić information content (AvgIpc) is 3.19. The van der Waals surface area contributed by atoms with Gasteiger partial charge < -0.3 is 5.32 Å². The van der Waals surface area contributed by atoms with Crippen LogP contribution in [0.2, 0.25) is 0 Å². The van der Waals surface area contributed by atoms with Crippen LogP contribution < -0.4 is 5.32 Å². The van der Waals surface area contributed by atoms with E-state index in [-0.39, 0.29) is 5.91 Å². The molecule has 6 nitrogen and oxygen atoms in total. The zero-order valence-electron chi connectivity index (χ0n) is 14.1. The van der Waals surface area contributed by atoms with E-state index in [1.54, 1.807) is 17.1 Å². The summed E-state index contributed by atoms with van der Waals surface area (Å²) in [6.07, 6.45) is 7.17. The summed E-state index contributed by atoms with van der Waals surface area (Å²) >= 11 is 0. The van der Waals surface area contributed by atoms with E-state index in [9.17, 15) is 4.79 Å². The first-order valence-corrected chi connectivity index (χ1v) is 7.85. The van der Waals surface area contributed by atoms with Gasteiger partial charge in [0.25, 0.3) is 0 Å². The lowest BCUT2D eigenvalue weighted by Gasteiger charge is -2.16. The largest absolute Gasteiger partial charge is 0.323 e. The van der Waals surface area contributed by atoms with Gasteiger partial charge in [-0.25, -0.2) is 4.68 Å². The van der Waals surface area contributed by atoms with Gasteiger partial charge in [-0.15, -0.1) is 0 Å². The second-order valence-corrected chi connectivity index (χ2v) is 6.75. The predicted molar refractivity (Wildman–Crippen MR) is 93.0 cm³/mol. The SMILES string of the molecule is CC(C)(C)C(=O)Nc1cnn(Cc2ccc(-n3cccn3)cc2)c1. The number of nitrogens with zero attached hydrogens (tertiary/aromatic N) is 4. The van der Waals surface area contributed by atoms with Crippen molar-refractivity contribution in [3.05, 3.63) is 60.7 Å². The first-order chi connectivity index (χ1) is 11.4. The number of hydrogen-bond acceptors (Lipinski definition) is 3. The molecule has 0 spiro atoms. The summed E-state index contributed by atoms with van der Waals surface area (Å²) in [6.45, 7) is 6.29. The maximum absolute atomic E-state index is 12.0. The molecule has 0 unspecified atom stereocenters.